The maximum absolute atomic E-state index is 13.1. The number of hydrogen-bond acceptors (Lipinski definition) is 4. The zero-order valence-corrected chi connectivity index (χ0v) is 17.1. The molecule has 0 radical (unpaired) electrons. The predicted molar refractivity (Wildman–Crippen MR) is 106 cm³/mol. The second-order valence-electron chi connectivity index (χ2n) is 7.51. The van der Waals surface area contributed by atoms with Gasteiger partial charge in [0.15, 0.2) is 11.0 Å². The molecule has 1 amide bonds. The van der Waals surface area contributed by atoms with Crippen molar-refractivity contribution >= 4 is 17.7 Å². The van der Waals surface area contributed by atoms with E-state index in [-0.39, 0.29) is 23.0 Å². The fourth-order valence-electron chi connectivity index (χ4n) is 3.57. The summed E-state index contributed by atoms with van der Waals surface area (Å²) in [6, 6.07) is 6.41. The highest BCUT2D eigenvalue weighted by molar-refractivity contribution is 8.00. The zero-order chi connectivity index (χ0) is 19.6. The lowest BCUT2D eigenvalue weighted by Gasteiger charge is -2.35. The molecule has 1 aliphatic rings. The molecular weight excluding hydrogens is 363 g/mol. The molecule has 0 bridgehead atoms. The van der Waals surface area contributed by atoms with Crippen LogP contribution in [0.5, 0.6) is 0 Å². The third kappa shape index (κ3) is 4.51. The first-order valence-electron chi connectivity index (χ1n) is 9.49. The van der Waals surface area contributed by atoms with Crippen molar-refractivity contribution in [3.63, 3.8) is 0 Å². The van der Waals surface area contributed by atoms with Crippen molar-refractivity contribution in [3.05, 3.63) is 30.1 Å². The Labute approximate surface area is 164 Å². The topological polar surface area (TPSA) is 59.8 Å². The maximum Gasteiger partial charge on any atom is 0.233 e. The summed E-state index contributed by atoms with van der Waals surface area (Å²) in [4.78, 5) is 12.7. The van der Waals surface area contributed by atoms with E-state index in [4.69, 9.17) is 0 Å². The number of nitrogens with zero attached hydrogens (tertiary/aromatic N) is 3. The smallest absolute Gasteiger partial charge is 0.233 e. The molecule has 1 aliphatic carbocycles. The number of aromatic nitrogens is 3. The van der Waals surface area contributed by atoms with Gasteiger partial charge in [-0.1, -0.05) is 38.5 Å². The highest BCUT2D eigenvalue weighted by atomic mass is 32.2. The van der Waals surface area contributed by atoms with Gasteiger partial charge in [0.1, 0.15) is 5.82 Å². The highest BCUT2D eigenvalue weighted by Gasteiger charge is 2.30. The monoisotopic (exact) mass is 390 g/mol. The number of thioether (sulfide) groups is 1. The van der Waals surface area contributed by atoms with E-state index in [9.17, 15) is 9.18 Å². The minimum Gasteiger partial charge on any atom is -0.352 e. The van der Waals surface area contributed by atoms with Crippen LogP contribution in [-0.2, 0) is 11.8 Å². The summed E-state index contributed by atoms with van der Waals surface area (Å²) < 4.78 is 15.0. The quantitative estimate of drug-likeness (QED) is 0.783. The number of carbonyl (C=O) groups is 1. The first-order chi connectivity index (χ1) is 12.9. The molecule has 7 heteroatoms. The van der Waals surface area contributed by atoms with Crippen LogP contribution >= 0.6 is 11.8 Å². The second-order valence-corrected chi connectivity index (χ2v) is 8.82. The van der Waals surface area contributed by atoms with Crippen LogP contribution in [0.25, 0.3) is 11.4 Å². The van der Waals surface area contributed by atoms with Crippen LogP contribution in [0.3, 0.4) is 0 Å². The Hall–Kier alpha value is -1.89. The lowest BCUT2D eigenvalue weighted by molar-refractivity contribution is -0.121. The molecule has 1 aromatic heterocycles. The van der Waals surface area contributed by atoms with E-state index in [0.29, 0.717) is 22.8 Å². The Bertz CT molecular complexity index is 792. The summed E-state index contributed by atoms with van der Waals surface area (Å²) in [7, 11) is 1.86. The number of amides is 1. The van der Waals surface area contributed by atoms with Gasteiger partial charge in [0.05, 0.1) is 5.25 Å². The van der Waals surface area contributed by atoms with Crippen LogP contribution in [0.2, 0.25) is 0 Å². The normalized spacial score (nSPS) is 23.8. The number of carbonyl (C=O) groups excluding carboxylic acids is 1. The van der Waals surface area contributed by atoms with Gasteiger partial charge in [-0.2, -0.15) is 0 Å². The molecule has 1 heterocycles. The number of hydrogen-bond donors (Lipinski definition) is 1. The molecule has 1 N–H and O–H groups in total. The second kappa shape index (κ2) is 8.42. The van der Waals surface area contributed by atoms with Crippen molar-refractivity contribution in [1.82, 2.24) is 20.1 Å². The summed E-state index contributed by atoms with van der Waals surface area (Å²) in [6.07, 6.45) is 3.46. The van der Waals surface area contributed by atoms with Gasteiger partial charge in [-0.15, -0.1) is 10.2 Å². The van der Waals surface area contributed by atoms with Gasteiger partial charge in [-0.05, 0) is 49.4 Å². The van der Waals surface area contributed by atoms with Crippen LogP contribution in [0, 0.1) is 17.7 Å². The van der Waals surface area contributed by atoms with E-state index in [0.717, 1.165) is 12.0 Å². The van der Waals surface area contributed by atoms with Gasteiger partial charge < -0.3 is 9.88 Å². The molecule has 0 unspecified atom stereocenters. The van der Waals surface area contributed by atoms with Crippen molar-refractivity contribution in [1.29, 1.82) is 0 Å². The average molecular weight is 391 g/mol. The first kappa shape index (κ1) is 19.9. The fraction of sp³-hybridized carbons (Fsp3) is 0.550. The average Bonchev–Trinajstić information content (AvgIpc) is 3.00. The summed E-state index contributed by atoms with van der Waals surface area (Å²) in [5, 5.41) is 12.0. The highest BCUT2D eigenvalue weighted by Crippen LogP contribution is 2.30. The van der Waals surface area contributed by atoms with Crippen LogP contribution in [0.15, 0.2) is 29.4 Å². The van der Waals surface area contributed by atoms with Gasteiger partial charge in [-0.25, -0.2) is 4.39 Å². The number of halogens is 1. The molecule has 1 saturated carbocycles. The molecule has 146 valence electrons. The minimum atomic E-state index is -0.285. The number of nitrogens with one attached hydrogen (secondary N) is 1. The third-order valence-electron chi connectivity index (χ3n) is 5.62. The summed E-state index contributed by atoms with van der Waals surface area (Å²) in [6.45, 7) is 6.38. The summed E-state index contributed by atoms with van der Waals surface area (Å²) in [5.74, 6) is 1.55. The van der Waals surface area contributed by atoms with E-state index >= 15 is 0 Å². The van der Waals surface area contributed by atoms with Gasteiger partial charge in [0.25, 0.3) is 0 Å². The molecule has 3 rings (SSSR count). The lowest BCUT2D eigenvalue weighted by atomic mass is 9.78. The van der Waals surface area contributed by atoms with Crippen LogP contribution in [0.1, 0.15) is 40.0 Å². The summed E-state index contributed by atoms with van der Waals surface area (Å²) >= 11 is 1.39. The third-order valence-corrected chi connectivity index (χ3v) is 6.76. The number of benzene rings is 1. The van der Waals surface area contributed by atoms with E-state index in [1.165, 1.54) is 36.7 Å². The van der Waals surface area contributed by atoms with Crippen LogP contribution in [0.4, 0.5) is 4.39 Å². The van der Waals surface area contributed by atoms with Gasteiger partial charge in [0.2, 0.25) is 5.91 Å². The van der Waals surface area contributed by atoms with Crippen molar-refractivity contribution in [2.45, 2.75) is 56.5 Å². The maximum atomic E-state index is 13.1. The molecule has 4 atom stereocenters. The molecule has 27 heavy (non-hydrogen) atoms. The molecular formula is C20H27FN4OS. The Balaban J connectivity index is 1.64. The SMILES string of the molecule is C[C@H]1[C@@H](NC(=O)[C@@H](C)Sc2nnc(-c3ccc(F)cc3)n2C)CCC[C@@H]1C. The van der Waals surface area contributed by atoms with E-state index < -0.39 is 0 Å². The van der Waals surface area contributed by atoms with Crippen molar-refractivity contribution in [2.24, 2.45) is 18.9 Å². The Morgan fingerprint density at radius 3 is 2.67 bits per heavy atom. The molecule has 0 spiro atoms. The van der Waals surface area contributed by atoms with Crippen LogP contribution < -0.4 is 5.32 Å². The Morgan fingerprint density at radius 1 is 1.26 bits per heavy atom. The van der Waals surface area contributed by atoms with Gasteiger partial charge in [0, 0.05) is 18.7 Å². The Kier molecular flexibility index (Phi) is 6.19. The molecule has 5 nitrogen and oxygen atoms in total. The Morgan fingerprint density at radius 2 is 1.96 bits per heavy atom. The molecule has 2 aromatic rings. The van der Waals surface area contributed by atoms with E-state index in [1.807, 2.05) is 18.5 Å². The summed E-state index contributed by atoms with van der Waals surface area (Å²) in [5.41, 5.74) is 0.792. The predicted octanol–water partition coefficient (Wildman–Crippen LogP) is 4.04. The molecule has 1 aromatic carbocycles. The van der Waals surface area contributed by atoms with Crippen molar-refractivity contribution in [2.75, 3.05) is 0 Å². The molecule has 0 aliphatic heterocycles. The standard InChI is InChI=1S/C20H27FN4OS/c1-12-6-5-7-17(13(12)2)22-19(26)14(3)27-20-24-23-18(25(20)4)15-8-10-16(21)11-9-15/h8-14,17H,5-7H2,1-4H3,(H,22,26)/t12-,13+,14+,17-/m0/s1. The van der Waals surface area contributed by atoms with Crippen LogP contribution in [-0.4, -0.2) is 32.0 Å². The fourth-order valence-corrected chi connectivity index (χ4v) is 4.39. The van der Waals surface area contributed by atoms with E-state index in [1.54, 1.807) is 12.1 Å². The van der Waals surface area contributed by atoms with Gasteiger partial charge in [-0.3, -0.25) is 4.79 Å². The van der Waals surface area contributed by atoms with E-state index in [2.05, 4.69) is 29.4 Å². The number of rotatable bonds is 5. The largest absolute Gasteiger partial charge is 0.352 e. The zero-order valence-electron chi connectivity index (χ0n) is 16.3. The van der Waals surface area contributed by atoms with Crippen molar-refractivity contribution in [3.8, 4) is 11.4 Å². The first-order valence-corrected chi connectivity index (χ1v) is 10.4. The minimum absolute atomic E-state index is 0.0392. The molecule has 0 saturated heterocycles. The lowest BCUT2D eigenvalue weighted by Crippen LogP contribution is -2.46. The van der Waals surface area contributed by atoms with Crippen molar-refractivity contribution < 1.29 is 9.18 Å². The molecule has 1 fully saturated rings. The van der Waals surface area contributed by atoms with Gasteiger partial charge >= 0.3 is 0 Å².